The van der Waals surface area contributed by atoms with Crippen LogP contribution in [0, 0.1) is 5.82 Å². The van der Waals surface area contributed by atoms with Crippen LogP contribution in [0.25, 0.3) is 0 Å². The molecule has 7 heteroatoms. The second-order valence-electron chi connectivity index (χ2n) is 5.12. The average Bonchev–Trinajstić information content (AvgIpc) is 2.43. The summed E-state index contributed by atoms with van der Waals surface area (Å²) in [6.07, 6.45) is 0. The van der Waals surface area contributed by atoms with Gasteiger partial charge in [0.15, 0.2) is 0 Å². The fourth-order valence-electron chi connectivity index (χ4n) is 1.65. The van der Waals surface area contributed by atoms with E-state index in [0.29, 0.717) is 12.3 Å². The van der Waals surface area contributed by atoms with Gasteiger partial charge in [0.1, 0.15) is 18.2 Å². The van der Waals surface area contributed by atoms with Crippen LogP contribution in [0.15, 0.2) is 24.3 Å². The largest absolute Gasteiger partial charge is 0.492 e. The van der Waals surface area contributed by atoms with Gasteiger partial charge in [0.2, 0.25) is 11.8 Å². The van der Waals surface area contributed by atoms with Gasteiger partial charge in [0.05, 0.1) is 19.6 Å². The third-order valence-corrected chi connectivity index (χ3v) is 2.81. The fourth-order valence-corrected chi connectivity index (χ4v) is 1.65. The Morgan fingerprint density at radius 3 is 2.59 bits per heavy atom. The predicted molar refractivity (Wildman–Crippen MR) is 81.1 cm³/mol. The molecular weight excluding hydrogens is 289 g/mol. The first-order chi connectivity index (χ1) is 10.4. The maximum Gasteiger partial charge on any atom is 0.236 e. The van der Waals surface area contributed by atoms with Crippen LogP contribution >= 0.6 is 0 Å². The molecule has 1 aromatic rings. The molecule has 0 atom stereocenters. The summed E-state index contributed by atoms with van der Waals surface area (Å²) >= 11 is 0. The molecule has 0 saturated carbocycles. The maximum atomic E-state index is 12.9. The summed E-state index contributed by atoms with van der Waals surface area (Å²) in [6, 6.07) is 5.81. The van der Waals surface area contributed by atoms with Crippen LogP contribution in [0.4, 0.5) is 4.39 Å². The van der Waals surface area contributed by atoms with Gasteiger partial charge in [0.25, 0.3) is 0 Å². The second-order valence-corrected chi connectivity index (χ2v) is 5.12. The third kappa shape index (κ3) is 7.03. The predicted octanol–water partition coefficient (Wildman–Crippen LogP) is 0.341. The van der Waals surface area contributed by atoms with E-state index in [1.54, 1.807) is 38.2 Å². The number of rotatable bonds is 8. The minimum Gasteiger partial charge on any atom is -0.492 e. The Bertz CT molecular complexity index is 509. The Labute approximate surface area is 129 Å². The lowest BCUT2D eigenvalue weighted by Crippen LogP contribution is -2.41. The quantitative estimate of drug-likeness (QED) is 0.703. The smallest absolute Gasteiger partial charge is 0.236 e. The Kier molecular flexibility index (Phi) is 7.31. The SMILES string of the molecule is CN(CC(=O)NCCOc1cccc(F)c1)CC(=O)N(C)C. The Hall–Kier alpha value is -2.15. The summed E-state index contributed by atoms with van der Waals surface area (Å²) < 4.78 is 18.2. The molecule has 1 aromatic carbocycles. The monoisotopic (exact) mass is 311 g/mol. The highest BCUT2D eigenvalue weighted by atomic mass is 19.1. The molecule has 0 aliphatic carbocycles. The maximum absolute atomic E-state index is 12.9. The molecule has 6 nitrogen and oxygen atoms in total. The van der Waals surface area contributed by atoms with Crippen molar-refractivity contribution in [3.8, 4) is 5.75 Å². The van der Waals surface area contributed by atoms with E-state index < -0.39 is 0 Å². The summed E-state index contributed by atoms with van der Waals surface area (Å²) in [7, 11) is 5.03. The number of amides is 2. The summed E-state index contributed by atoms with van der Waals surface area (Å²) in [6.45, 7) is 0.861. The molecule has 0 fully saturated rings. The van der Waals surface area contributed by atoms with Crippen molar-refractivity contribution in [2.75, 3.05) is 47.4 Å². The minimum absolute atomic E-state index is 0.0651. The zero-order chi connectivity index (χ0) is 16.5. The van der Waals surface area contributed by atoms with E-state index in [9.17, 15) is 14.0 Å². The number of carbonyl (C=O) groups is 2. The van der Waals surface area contributed by atoms with Crippen LogP contribution in [0.1, 0.15) is 0 Å². The van der Waals surface area contributed by atoms with Crippen molar-refractivity contribution in [2.24, 2.45) is 0 Å². The minimum atomic E-state index is -0.367. The number of carbonyl (C=O) groups excluding carboxylic acids is 2. The van der Waals surface area contributed by atoms with Crippen molar-refractivity contribution in [1.82, 2.24) is 15.1 Å². The first-order valence-electron chi connectivity index (χ1n) is 6.92. The van der Waals surface area contributed by atoms with Gasteiger partial charge < -0.3 is 15.0 Å². The van der Waals surface area contributed by atoms with Crippen molar-refractivity contribution in [3.63, 3.8) is 0 Å². The number of ether oxygens (including phenoxy) is 1. The van der Waals surface area contributed by atoms with E-state index in [0.717, 1.165) is 0 Å². The van der Waals surface area contributed by atoms with E-state index in [2.05, 4.69) is 5.32 Å². The Balaban J connectivity index is 2.19. The number of hydrogen-bond donors (Lipinski definition) is 1. The molecule has 0 saturated heterocycles. The van der Waals surface area contributed by atoms with Crippen LogP contribution in [-0.2, 0) is 9.59 Å². The van der Waals surface area contributed by atoms with Gasteiger partial charge in [-0.15, -0.1) is 0 Å². The lowest BCUT2D eigenvalue weighted by atomic mass is 10.3. The van der Waals surface area contributed by atoms with Gasteiger partial charge in [-0.05, 0) is 19.2 Å². The molecule has 1 rings (SSSR count). The molecule has 0 aliphatic heterocycles. The molecule has 0 aliphatic rings. The van der Waals surface area contributed by atoms with E-state index in [1.165, 1.54) is 17.0 Å². The lowest BCUT2D eigenvalue weighted by molar-refractivity contribution is -0.130. The Morgan fingerprint density at radius 1 is 1.23 bits per heavy atom. The van der Waals surface area contributed by atoms with E-state index >= 15 is 0 Å². The van der Waals surface area contributed by atoms with Crippen LogP contribution in [0.5, 0.6) is 5.75 Å². The first-order valence-corrected chi connectivity index (χ1v) is 6.92. The summed E-state index contributed by atoms with van der Waals surface area (Å²) in [5.74, 6) is -0.210. The standard InChI is InChI=1S/C15H22FN3O3/c1-18(2)15(21)11-19(3)10-14(20)17-7-8-22-13-6-4-5-12(16)9-13/h4-6,9H,7-8,10-11H2,1-3H3,(H,17,20). The highest BCUT2D eigenvalue weighted by molar-refractivity contribution is 5.80. The number of hydrogen-bond acceptors (Lipinski definition) is 4. The van der Waals surface area contributed by atoms with E-state index in [-0.39, 0.29) is 37.3 Å². The van der Waals surface area contributed by atoms with Crippen LogP contribution in [0.3, 0.4) is 0 Å². The molecule has 0 aromatic heterocycles. The number of halogens is 1. The summed E-state index contributed by atoms with van der Waals surface area (Å²) in [5, 5.41) is 2.68. The summed E-state index contributed by atoms with van der Waals surface area (Å²) in [4.78, 5) is 26.3. The molecule has 0 heterocycles. The molecule has 2 amide bonds. The molecule has 0 bridgehead atoms. The molecule has 0 spiro atoms. The van der Waals surface area contributed by atoms with Crippen LogP contribution in [0.2, 0.25) is 0 Å². The molecule has 0 radical (unpaired) electrons. The van der Waals surface area contributed by atoms with E-state index in [1.807, 2.05) is 0 Å². The zero-order valence-electron chi connectivity index (χ0n) is 13.1. The van der Waals surface area contributed by atoms with Crippen molar-refractivity contribution in [1.29, 1.82) is 0 Å². The van der Waals surface area contributed by atoms with Crippen LogP contribution < -0.4 is 10.1 Å². The van der Waals surface area contributed by atoms with Crippen molar-refractivity contribution in [2.45, 2.75) is 0 Å². The second kappa shape index (κ2) is 8.99. The van der Waals surface area contributed by atoms with Gasteiger partial charge in [-0.1, -0.05) is 6.07 Å². The fraction of sp³-hybridized carbons (Fsp3) is 0.467. The lowest BCUT2D eigenvalue weighted by Gasteiger charge is -2.18. The molecule has 0 unspecified atom stereocenters. The van der Waals surface area contributed by atoms with Gasteiger partial charge in [0, 0.05) is 20.2 Å². The highest BCUT2D eigenvalue weighted by Gasteiger charge is 2.11. The third-order valence-electron chi connectivity index (χ3n) is 2.81. The first kappa shape index (κ1) is 17.9. The van der Waals surface area contributed by atoms with Gasteiger partial charge in [-0.25, -0.2) is 4.39 Å². The molecular formula is C15H22FN3O3. The number of benzene rings is 1. The number of nitrogens with zero attached hydrogens (tertiary/aromatic N) is 2. The van der Waals surface area contributed by atoms with Gasteiger partial charge >= 0.3 is 0 Å². The van der Waals surface area contributed by atoms with E-state index in [4.69, 9.17) is 4.74 Å². The van der Waals surface area contributed by atoms with Gasteiger partial charge in [-0.2, -0.15) is 0 Å². The van der Waals surface area contributed by atoms with Gasteiger partial charge in [-0.3, -0.25) is 14.5 Å². The Morgan fingerprint density at radius 2 is 1.95 bits per heavy atom. The molecule has 1 N–H and O–H groups in total. The average molecular weight is 311 g/mol. The number of nitrogens with one attached hydrogen (secondary N) is 1. The highest BCUT2D eigenvalue weighted by Crippen LogP contribution is 2.11. The van der Waals surface area contributed by atoms with Crippen LogP contribution in [-0.4, -0.2) is 69.0 Å². The summed E-state index contributed by atoms with van der Waals surface area (Å²) in [5.41, 5.74) is 0. The van der Waals surface area contributed by atoms with Crippen molar-refractivity contribution in [3.05, 3.63) is 30.1 Å². The normalized spacial score (nSPS) is 10.4. The molecule has 22 heavy (non-hydrogen) atoms. The number of likely N-dealkylation sites (N-methyl/N-ethyl adjacent to an activating group) is 2. The zero-order valence-corrected chi connectivity index (χ0v) is 13.1. The van der Waals surface area contributed by atoms with Crippen molar-refractivity contribution >= 4 is 11.8 Å². The molecule has 122 valence electrons. The van der Waals surface area contributed by atoms with Crippen molar-refractivity contribution < 1.29 is 18.7 Å². The topological polar surface area (TPSA) is 61.9 Å².